The molecule has 1 amide bonds. The highest BCUT2D eigenvalue weighted by Crippen LogP contribution is 2.48. The average Bonchev–Trinajstić information content (AvgIpc) is 3.06. The van der Waals surface area contributed by atoms with Gasteiger partial charge in [0.1, 0.15) is 5.69 Å². The zero-order chi connectivity index (χ0) is 14.2. The van der Waals surface area contributed by atoms with E-state index in [4.69, 9.17) is 5.73 Å². The molecule has 1 aliphatic carbocycles. The van der Waals surface area contributed by atoms with Gasteiger partial charge in [-0.3, -0.25) is 4.79 Å². The van der Waals surface area contributed by atoms with Gasteiger partial charge >= 0.3 is 0 Å². The fourth-order valence-electron chi connectivity index (χ4n) is 2.86. The molecule has 4 N–H and O–H groups in total. The third-order valence-corrected chi connectivity index (χ3v) is 4.25. The Morgan fingerprint density at radius 2 is 2.20 bits per heavy atom. The van der Waals surface area contributed by atoms with Crippen LogP contribution in [0.25, 0.3) is 10.9 Å². The summed E-state index contributed by atoms with van der Waals surface area (Å²) in [6, 6.07) is 7.48. The van der Waals surface area contributed by atoms with Gasteiger partial charge in [0.2, 0.25) is 0 Å². The summed E-state index contributed by atoms with van der Waals surface area (Å²) in [7, 11) is 0. The molecule has 20 heavy (non-hydrogen) atoms. The van der Waals surface area contributed by atoms with Crippen LogP contribution in [-0.2, 0) is 0 Å². The van der Waals surface area contributed by atoms with Crippen molar-refractivity contribution in [1.82, 2.24) is 10.3 Å². The number of nitrogen functional groups attached to an aromatic ring is 1. The average molecular weight is 271 g/mol. The Balaban J connectivity index is 1.69. The molecule has 1 aliphatic rings. The molecule has 0 bridgehead atoms. The first kappa shape index (κ1) is 13.0. The molecule has 106 valence electrons. The van der Waals surface area contributed by atoms with E-state index in [0.717, 1.165) is 17.4 Å². The number of hydrogen-bond donors (Lipinski definition) is 3. The van der Waals surface area contributed by atoms with E-state index in [-0.39, 0.29) is 5.91 Å². The van der Waals surface area contributed by atoms with Crippen molar-refractivity contribution >= 4 is 22.5 Å². The SMILES string of the molecule is CCCC1(CNC(=O)c2cc3cc(N)ccc3[nH]2)CC1. The molecule has 1 fully saturated rings. The van der Waals surface area contributed by atoms with Gasteiger partial charge in [-0.2, -0.15) is 0 Å². The summed E-state index contributed by atoms with van der Waals surface area (Å²) in [6.45, 7) is 2.99. The Hall–Kier alpha value is -1.97. The summed E-state index contributed by atoms with van der Waals surface area (Å²) in [5, 5.41) is 4.04. The second-order valence-corrected chi connectivity index (χ2v) is 5.96. The number of benzene rings is 1. The number of aromatic nitrogens is 1. The summed E-state index contributed by atoms with van der Waals surface area (Å²) in [6.07, 6.45) is 4.87. The van der Waals surface area contributed by atoms with Gasteiger partial charge in [0, 0.05) is 23.1 Å². The summed E-state index contributed by atoms with van der Waals surface area (Å²) < 4.78 is 0. The van der Waals surface area contributed by atoms with Crippen LogP contribution in [0.1, 0.15) is 43.1 Å². The van der Waals surface area contributed by atoms with Crippen LogP contribution in [0, 0.1) is 5.41 Å². The Morgan fingerprint density at radius 1 is 1.40 bits per heavy atom. The second kappa shape index (κ2) is 4.85. The summed E-state index contributed by atoms with van der Waals surface area (Å²) in [5.74, 6) is -0.0258. The molecule has 0 atom stereocenters. The molecule has 0 aliphatic heterocycles. The monoisotopic (exact) mass is 271 g/mol. The van der Waals surface area contributed by atoms with Crippen LogP contribution in [-0.4, -0.2) is 17.4 Å². The number of anilines is 1. The number of H-pyrrole nitrogens is 1. The zero-order valence-electron chi connectivity index (χ0n) is 11.8. The molecule has 4 heteroatoms. The van der Waals surface area contributed by atoms with E-state index in [1.54, 1.807) is 0 Å². The highest BCUT2D eigenvalue weighted by Gasteiger charge is 2.41. The van der Waals surface area contributed by atoms with Crippen LogP contribution in [0.2, 0.25) is 0 Å². The van der Waals surface area contributed by atoms with Crippen molar-refractivity contribution < 1.29 is 4.79 Å². The van der Waals surface area contributed by atoms with Crippen molar-refractivity contribution in [2.75, 3.05) is 12.3 Å². The molecular weight excluding hydrogens is 250 g/mol. The van der Waals surface area contributed by atoms with E-state index in [9.17, 15) is 4.79 Å². The first-order chi connectivity index (χ1) is 9.62. The maximum absolute atomic E-state index is 12.2. The Morgan fingerprint density at radius 3 is 2.90 bits per heavy atom. The van der Waals surface area contributed by atoms with E-state index < -0.39 is 0 Å². The number of carbonyl (C=O) groups is 1. The molecule has 4 nitrogen and oxygen atoms in total. The third kappa shape index (κ3) is 2.50. The van der Waals surface area contributed by atoms with Crippen LogP contribution in [0.5, 0.6) is 0 Å². The minimum Gasteiger partial charge on any atom is -0.399 e. The molecule has 2 aromatic rings. The second-order valence-electron chi connectivity index (χ2n) is 5.96. The number of fused-ring (bicyclic) bond motifs is 1. The van der Waals surface area contributed by atoms with Crippen molar-refractivity contribution in [3.8, 4) is 0 Å². The molecule has 1 aromatic heterocycles. The van der Waals surface area contributed by atoms with Gasteiger partial charge in [-0.25, -0.2) is 0 Å². The number of nitrogens with one attached hydrogen (secondary N) is 2. The third-order valence-electron chi connectivity index (χ3n) is 4.25. The molecule has 0 unspecified atom stereocenters. The fourth-order valence-corrected chi connectivity index (χ4v) is 2.86. The topological polar surface area (TPSA) is 70.9 Å². The number of hydrogen-bond acceptors (Lipinski definition) is 2. The predicted octanol–water partition coefficient (Wildman–Crippen LogP) is 3.06. The largest absolute Gasteiger partial charge is 0.399 e. The molecule has 1 heterocycles. The van der Waals surface area contributed by atoms with E-state index in [1.807, 2.05) is 24.3 Å². The lowest BCUT2D eigenvalue weighted by Gasteiger charge is -2.14. The van der Waals surface area contributed by atoms with E-state index in [1.165, 1.54) is 25.7 Å². The molecule has 3 rings (SSSR count). The zero-order valence-corrected chi connectivity index (χ0v) is 11.8. The van der Waals surface area contributed by atoms with Gasteiger partial charge in [0.15, 0.2) is 0 Å². The minimum atomic E-state index is -0.0258. The summed E-state index contributed by atoms with van der Waals surface area (Å²) >= 11 is 0. The van der Waals surface area contributed by atoms with Crippen LogP contribution >= 0.6 is 0 Å². The molecular formula is C16H21N3O. The van der Waals surface area contributed by atoms with Crippen LogP contribution < -0.4 is 11.1 Å². The molecule has 1 aromatic carbocycles. The van der Waals surface area contributed by atoms with Gasteiger partial charge < -0.3 is 16.0 Å². The van der Waals surface area contributed by atoms with Crippen LogP contribution in [0.4, 0.5) is 5.69 Å². The van der Waals surface area contributed by atoms with E-state index in [0.29, 0.717) is 16.8 Å². The Kier molecular flexibility index (Phi) is 3.16. The quantitative estimate of drug-likeness (QED) is 0.731. The maximum Gasteiger partial charge on any atom is 0.267 e. The number of aromatic amines is 1. The van der Waals surface area contributed by atoms with Crippen molar-refractivity contribution in [3.63, 3.8) is 0 Å². The lowest BCUT2D eigenvalue weighted by molar-refractivity contribution is 0.0939. The molecule has 0 saturated heterocycles. The summed E-state index contributed by atoms with van der Waals surface area (Å²) in [5.41, 5.74) is 8.39. The van der Waals surface area contributed by atoms with Crippen molar-refractivity contribution in [2.45, 2.75) is 32.6 Å². The van der Waals surface area contributed by atoms with Gasteiger partial charge in [-0.1, -0.05) is 13.3 Å². The first-order valence-electron chi connectivity index (χ1n) is 7.28. The maximum atomic E-state index is 12.2. The predicted molar refractivity (Wildman–Crippen MR) is 81.6 cm³/mol. The molecule has 1 saturated carbocycles. The number of carbonyl (C=O) groups excluding carboxylic acids is 1. The minimum absolute atomic E-state index is 0.0258. The van der Waals surface area contributed by atoms with Crippen LogP contribution in [0.15, 0.2) is 24.3 Å². The number of rotatable bonds is 5. The number of amides is 1. The van der Waals surface area contributed by atoms with Crippen LogP contribution in [0.3, 0.4) is 0 Å². The molecule has 0 radical (unpaired) electrons. The first-order valence-corrected chi connectivity index (χ1v) is 7.28. The van der Waals surface area contributed by atoms with E-state index >= 15 is 0 Å². The lowest BCUT2D eigenvalue weighted by atomic mass is 10.0. The highest BCUT2D eigenvalue weighted by atomic mass is 16.1. The normalized spacial score (nSPS) is 16.2. The fraction of sp³-hybridized carbons (Fsp3) is 0.438. The van der Waals surface area contributed by atoms with Crippen molar-refractivity contribution in [3.05, 3.63) is 30.0 Å². The van der Waals surface area contributed by atoms with Gasteiger partial charge in [0.05, 0.1) is 0 Å². The Bertz CT molecular complexity index is 640. The van der Waals surface area contributed by atoms with Gasteiger partial charge in [-0.05, 0) is 48.9 Å². The summed E-state index contributed by atoms with van der Waals surface area (Å²) in [4.78, 5) is 15.3. The Labute approximate surface area is 118 Å². The molecule has 0 spiro atoms. The van der Waals surface area contributed by atoms with E-state index in [2.05, 4.69) is 17.2 Å². The van der Waals surface area contributed by atoms with Crippen molar-refractivity contribution in [2.24, 2.45) is 5.41 Å². The smallest absolute Gasteiger partial charge is 0.267 e. The van der Waals surface area contributed by atoms with Crippen molar-refractivity contribution in [1.29, 1.82) is 0 Å². The van der Waals surface area contributed by atoms with Gasteiger partial charge in [-0.15, -0.1) is 0 Å². The number of nitrogens with two attached hydrogens (primary N) is 1. The highest BCUT2D eigenvalue weighted by molar-refractivity contribution is 5.98. The standard InChI is InChI=1S/C16H21N3O/c1-2-5-16(6-7-16)10-18-15(20)14-9-11-8-12(17)3-4-13(11)19-14/h3-4,8-9,19H,2,5-7,10,17H2,1H3,(H,18,20). The van der Waals surface area contributed by atoms with Gasteiger partial charge in [0.25, 0.3) is 5.91 Å². The lowest BCUT2D eigenvalue weighted by Crippen LogP contribution is -2.30.